The lowest BCUT2D eigenvalue weighted by molar-refractivity contribution is -0.119. The molecule has 2 aliphatic heterocycles. The second-order valence-electron chi connectivity index (χ2n) is 7.50. The number of carbonyl (C=O) groups excluding carboxylic acids is 2. The first-order valence-corrected chi connectivity index (χ1v) is 11.5. The molecular weight excluding hydrogens is 433 g/mol. The van der Waals surface area contributed by atoms with Gasteiger partial charge in [-0.05, 0) is 30.3 Å². The zero-order chi connectivity index (χ0) is 22.5. The van der Waals surface area contributed by atoms with Gasteiger partial charge < -0.3 is 10.1 Å². The van der Waals surface area contributed by atoms with Crippen molar-refractivity contribution in [3.8, 4) is 11.3 Å². The molecule has 168 valence electrons. The van der Waals surface area contributed by atoms with Gasteiger partial charge in [-0.1, -0.05) is 0 Å². The lowest BCUT2D eigenvalue weighted by Gasteiger charge is -2.22. The minimum atomic E-state index is -0.568. The third kappa shape index (κ3) is 5.37. The van der Waals surface area contributed by atoms with E-state index < -0.39 is 18.0 Å². The molecule has 2 aliphatic rings. The Morgan fingerprint density at radius 3 is 2.84 bits per heavy atom. The molecule has 0 bridgehead atoms. The van der Waals surface area contributed by atoms with Crippen molar-refractivity contribution in [3.05, 3.63) is 47.9 Å². The number of ether oxygens (including phenoxy) is 1. The number of amides is 2. The van der Waals surface area contributed by atoms with E-state index in [9.17, 15) is 14.0 Å². The Hall–Kier alpha value is -3.14. The Morgan fingerprint density at radius 2 is 2.16 bits per heavy atom. The molecule has 10 heteroatoms. The van der Waals surface area contributed by atoms with Gasteiger partial charge in [0.05, 0.1) is 30.7 Å². The number of thioether (sulfide) groups is 1. The van der Waals surface area contributed by atoms with Crippen LogP contribution in [0.4, 0.5) is 14.9 Å². The number of pyridine rings is 1. The molecule has 3 heterocycles. The van der Waals surface area contributed by atoms with Crippen LogP contribution < -0.4 is 10.2 Å². The monoisotopic (exact) mass is 457 g/mol. The summed E-state index contributed by atoms with van der Waals surface area (Å²) in [6, 6.07) is 8.15. The van der Waals surface area contributed by atoms with Gasteiger partial charge in [0.2, 0.25) is 5.91 Å². The highest BCUT2D eigenvalue weighted by Gasteiger charge is 2.32. The molecule has 0 unspecified atom stereocenters. The number of rotatable bonds is 6. The highest BCUT2D eigenvalue weighted by Crippen LogP contribution is 2.28. The fourth-order valence-electron chi connectivity index (χ4n) is 3.43. The van der Waals surface area contributed by atoms with Crippen LogP contribution in [0.2, 0.25) is 0 Å². The Morgan fingerprint density at radius 1 is 1.34 bits per heavy atom. The first-order valence-electron chi connectivity index (χ1n) is 10.3. The fourth-order valence-corrected chi connectivity index (χ4v) is 4.32. The standard InChI is InChI=1S/C22H24FN5O3S/c1-15(29)24-13-18-14-28(22(30)31-18)17-3-4-19(20(23)10-17)21-5-2-16(11-25-21)12-26-27-6-8-32-9-7-27/h2-5,10-12,18H,6-9,13-14H2,1H3,(H,24,29)/t18-/m0/s1. The number of benzene rings is 1. The molecule has 1 N–H and O–H groups in total. The van der Waals surface area contributed by atoms with Crippen molar-refractivity contribution in [1.82, 2.24) is 15.3 Å². The molecular formula is C22H24FN5O3S. The molecule has 1 aromatic carbocycles. The third-order valence-corrected chi connectivity index (χ3v) is 6.08. The van der Waals surface area contributed by atoms with E-state index >= 15 is 0 Å². The molecule has 4 rings (SSSR count). The maximum atomic E-state index is 14.8. The van der Waals surface area contributed by atoms with Crippen molar-refractivity contribution >= 4 is 35.7 Å². The van der Waals surface area contributed by atoms with E-state index in [1.165, 1.54) is 17.9 Å². The number of cyclic esters (lactones) is 1. The van der Waals surface area contributed by atoms with Gasteiger partial charge in [-0.15, -0.1) is 0 Å². The van der Waals surface area contributed by atoms with E-state index in [-0.39, 0.29) is 19.0 Å². The van der Waals surface area contributed by atoms with Crippen molar-refractivity contribution in [2.24, 2.45) is 5.10 Å². The van der Waals surface area contributed by atoms with Crippen LogP contribution in [0.25, 0.3) is 11.3 Å². The van der Waals surface area contributed by atoms with Crippen LogP contribution in [0.15, 0.2) is 41.6 Å². The lowest BCUT2D eigenvalue weighted by Crippen LogP contribution is -2.33. The van der Waals surface area contributed by atoms with Crippen molar-refractivity contribution in [3.63, 3.8) is 0 Å². The molecule has 0 spiro atoms. The highest BCUT2D eigenvalue weighted by atomic mass is 32.2. The summed E-state index contributed by atoms with van der Waals surface area (Å²) in [6.07, 6.45) is 2.38. The second-order valence-corrected chi connectivity index (χ2v) is 8.73. The Balaban J connectivity index is 1.42. The number of hydrazone groups is 1. The SMILES string of the molecule is CC(=O)NC[C@H]1CN(c2ccc(-c3ccc(C=NN4CCSCC4)cn3)c(F)c2)C(=O)O1. The van der Waals surface area contributed by atoms with Gasteiger partial charge in [0.25, 0.3) is 0 Å². The van der Waals surface area contributed by atoms with Crippen molar-refractivity contribution in [2.45, 2.75) is 13.0 Å². The van der Waals surface area contributed by atoms with E-state index in [0.29, 0.717) is 16.9 Å². The average Bonchev–Trinajstić information content (AvgIpc) is 3.18. The molecule has 0 saturated carbocycles. The Bertz CT molecular complexity index is 1010. The first-order chi connectivity index (χ1) is 15.5. The number of aromatic nitrogens is 1. The normalized spacial score (nSPS) is 18.8. The summed E-state index contributed by atoms with van der Waals surface area (Å²) >= 11 is 1.93. The minimum Gasteiger partial charge on any atom is -0.442 e. The minimum absolute atomic E-state index is 0.203. The van der Waals surface area contributed by atoms with Crippen LogP contribution in [-0.2, 0) is 9.53 Å². The molecule has 1 aromatic heterocycles. The summed E-state index contributed by atoms with van der Waals surface area (Å²) in [5, 5.41) is 9.12. The van der Waals surface area contributed by atoms with Gasteiger partial charge in [-0.3, -0.25) is 19.7 Å². The van der Waals surface area contributed by atoms with Crippen molar-refractivity contribution in [1.29, 1.82) is 0 Å². The van der Waals surface area contributed by atoms with Crippen molar-refractivity contribution < 1.29 is 18.7 Å². The molecule has 2 aromatic rings. The van der Waals surface area contributed by atoms with Gasteiger partial charge in [0, 0.05) is 48.8 Å². The zero-order valence-electron chi connectivity index (χ0n) is 17.7. The van der Waals surface area contributed by atoms with Crippen LogP contribution in [-0.4, -0.2) is 72.0 Å². The van der Waals surface area contributed by atoms with E-state index in [0.717, 1.165) is 30.2 Å². The quantitative estimate of drug-likeness (QED) is 0.672. The highest BCUT2D eigenvalue weighted by molar-refractivity contribution is 7.99. The van der Waals surface area contributed by atoms with E-state index in [1.54, 1.807) is 30.6 Å². The summed E-state index contributed by atoms with van der Waals surface area (Å²) in [6.45, 7) is 3.71. The molecule has 0 aliphatic carbocycles. The predicted octanol–water partition coefficient (Wildman–Crippen LogP) is 2.73. The van der Waals surface area contributed by atoms with Crippen LogP contribution in [0.1, 0.15) is 12.5 Å². The van der Waals surface area contributed by atoms with Crippen LogP contribution in [0.3, 0.4) is 0 Å². The summed E-state index contributed by atoms with van der Waals surface area (Å²) in [4.78, 5) is 28.9. The van der Waals surface area contributed by atoms with Gasteiger partial charge in [0.1, 0.15) is 11.9 Å². The predicted molar refractivity (Wildman–Crippen MR) is 122 cm³/mol. The van der Waals surface area contributed by atoms with E-state index in [4.69, 9.17) is 4.74 Å². The maximum absolute atomic E-state index is 14.8. The summed E-state index contributed by atoms with van der Waals surface area (Å²) in [5.41, 5.74) is 2.07. The molecule has 8 nitrogen and oxygen atoms in total. The van der Waals surface area contributed by atoms with Gasteiger partial charge in [-0.2, -0.15) is 16.9 Å². The molecule has 2 saturated heterocycles. The molecule has 1 atom stereocenters. The summed E-state index contributed by atoms with van der Waals surface area (Å²) in [5.74, 6) is 1.47. The number of halogens is 1. The number of carbonyl (C=O) groups is 2. The third-order valence-electron chi connectivity index (χ3n) is 5.14. The first kappa shape index (κ1) is 22.1. The summed E-state index contributed by atoms with van der Waals surface area (Å²) in [7, 11) is 0. The number of hydrogen-bond acceptors (Lipinski definition) is 7. The molecule has 2 amide bonds. The van der Waals surface area contributed by atoms with Gasteiger partial charge >= 0.3 is 6.09 Å². The van der Waals surface area contributed by atoms with Crippen LogP contribution >= 0.6 is 11.8 Å². The largest absolute Gasteiger partial charge is 0.442 e. The molecule has 32 heavy (non-hydrogen) atoms. The van der Waals surface area contributed by atoms with Gasteiger partial charge in [-0.25, -0.2) is 9.18 Å². The van der Waals surface area contributed by atoms with Crippen LogP contribution in [0.5, 0.6) is 0 Å². The number of nitrogens with zero attached hydrogens (tertiary/aromatic N) is 4. The zero-order valence-corrected chi connectivity index (χ0v) is 18.5. The molecule has 2 fully saturated rings. The lowest BCUT2D eigenvalue weighted by atomic mass is 10.1. The smallest absolute Gasteiger partial charge is 0.414 e. The van der Waals surface area contributed by atoms with Crippen molar-refractivity contribution in [2.75, 3.05) is 42.6 Å². The Kier molecular flexibility index (Phi) is 6.89. The van der Waals surface area contributed by atoms with Gasteiger partial charge in [0.15, 0.2) is 0 Å². The number of anilines is 1. The second kappa shape index (κ2) is 9.99. The topological polar surface area (TPSA) is 87.1 Å². The average molecular weight is 458 g/mol. The van der Waals surface area contributed by atoms with E-state index in [1.807, 2.05) is 22.8 Å². The number of nitrogens with one attached hydrogen (secondary N) is 1. The summed E-state index contributed by atoms with van der Waals surface area (Å²) < 4.78 is 20.1. The number of hydrogen-bond donors (Lipinski definition) is 1. The fraction of sp³-hybridized carbons (Fsp3) is 0.364. The Labute approximate surface area is 189 Å². The molecule has 0 radical (unpaired) electrons. The van der Waals surface area contributed by atoms with E-state index in [2.05, 4.69) is 15.4 Å². The maximum Gasteiger partial charge on any atom is 0.414 e. The van der Waals surface area contributed by atoms with Crippen LogP contribution in [0, 0.1) is 5.82 Å².